The van der Waals surface area contributed by atoms with Crippen LogP contribution in [0, 0.1) is 0 Å². The Labute approximate surface area is 122 Å². The number of carbonyl (C=O) groups excluding carboxylic acids is 1. The Balaban J connectivity index is 2.26. The smallest absolute Gasteiger partial charge is 0.409 e. The van der Waals surface area contributed by atoms with Crippen molar-refractivity contribution in [1.82, 2.24) is 0 Å². The first kappa shape index (κ1) is 14.6. The van der Waals surface area contributed by atoms with E-state index in [9.17, 15) is 9.59 Å². The van der Waals surface area contributed by atoms with E-state index in [1.807, 2.05) is 6.07 Å². The summed E-state index contributed by atoms with van der Waals surface area (Å²) in [5.74, 6) is 0.448. The number of hydrogen-bond donors (Lipinski definition) is 2. The maximum atomic E-state index is 12.2. The molecule has 0 atom stereocenters. The monoisotopic (exact) mass is 285 g/mol. The number of nitrogens with one attached hydrogen (secondary N) is 1. The summed E-state index contributed by atoms with van der Waals surface area (Å²) in [6.45, 7) is 0. The van der Waals surface area contributed by atoms with E-state index < -0.39 is 6.09 Å². The molecule has 0 aliphatic rings. The Bertz CT molecular complexity index is 653. The minimum Gasteiger partial charge on any atom is -0.497 e. The maximum absolute atomic E-state index is 12.2. The van der Waals surface area contributed by atoms with Crippen LogP contribution in [0.4, 0.5) is 10.5 Å². The Morgan fingerprint density at radius 3 is 2.48 bits per heavy atom. The Morgan fingerprint density at radius 1 is 1.14 bits per heavy atom. The number of amides is 1. The number of ketones is 1. The first-order chi connectivity index (χ1) is 10.1. The number of hydrogen-bond acceptors (Lipinski definition) is 3. The van der Waals surface area contributed by atoms with Crippen LogP contribution in [0.1, 0.15) is 15.9 Å². The summed E-state index contributed by atoms with van der Waals surface area (Å²) in [6, 6.07) is 13.8. The van der Waals surface area contributed by atoms with Crippen LogP contribution >= 0.6 is 0 Å². The van der Waals surface area contributed by atoms with Crippen LogP contribution in [-0.4, -0.2) is 24.1 Å². The van der Waals surface area contributed by atoms with Crippen LogP contribution in [0.3, 0.4) is 0 Å². The molecule has 0 unspecified atom stereocenters. The first-order valence-electron chi connectivity index (χ1n) is 6.35. The fourth-order valence-electron chi connectivity index (χ4n) is 1.97. The number of benzene rings is 2. The largest absolute Gasteiger partial charge is 0.497 e. The van der Waals surface area contributed by atoms with Gasteiger partial charge < -0.3 is 9.84 Å². The van der Waals surface area contributed by atoms with Crippen LogP contribution in [0.15, 0.2) is 48.5 Å². The van der Waals surface area contributed by atoms with Gasteiger partial charge in [-0.3, -0.25) is 10.1 Å². The molecule has 0 aliphatic heterocycles. The number of ether oxygens (including phenoxy) is 1. The molecule has 0 fully saturated rings. The van der Waals surface area contributed by atoms with Gasteiger partial charge in [0.2, 0.25) is 0 Å². The molecule has 5 nitrogen and oxygen atoms in total. The topological polar surface area (TPSA) is 75.6 Å². The Morgan fingerprint density at radius 2 is 1.86 bits per heavy atom. The third-order valence-corrected chi connectivity index (χ3v) is 3.01. The van der Waals surface area contributed by atoms with Crippen LogP contribution in [0.2, 0.25) is 0 Å². The highest BCUT2D eigenvalue weighted by Crippen LogP contribution is 2.24. The van der Waals surface area contributed by atoms with Gasteiger partial charge in [0.25, 0.3) is 0 Å². The Kier molecular flexibility index (Phi) is 4.56. The van der Waals surface area contributed by atoms with Crippen molar-refractivity contribution in [3.63, 3.8) is 0 Å². The predicted octanol–water partition coefficient (Wildman–Crippen LogP) is 3.21. The van der Waals surface area contributed by atoms with Crippen molar-refractivity contribution < 1.29 is 19.4 Å². The molecule has 2 aromatic carbocycles. The van der Waals surface area contributed by atoms with Gasteiger partial charge in [0.15, 0.2) is 5.78 Å². The van der Waals surface area contributed by atoms with Gasteiger partial charge in [0.05, 0.1) is 12.8 Å². The zero-order chi connectivity index (χ0) is 15.2. The molecule has 0 radical (unpaired) electrons. The lowest BCUT2D eigenvalue weighted by atomic mass is 10.0. The molecular formula is C16H15NO4. The molecule has 2 rings (SSSR count). The molecule has 0 aliphatic carbocycles. The number of rotatable bonds is 5. The lowest BCUT2D eigenvalue weighted by Crippen LogP contribution is -2.12. The van der Waals surface area contributed by atoms with E-state index in [0.29, 0.717) is 22.6 Å². The highest BCUT2D eigenvalue weighted by Gasteiger charge is 2.12. The number of methoxy groups -OCH3 is 1. The fourth-order valence-corrected chi connectivity index (χ4v) is 1.97. The second-order valence-corrected chi connectivity index (χ2v) is 4.42. The summed E-state index contributed by atoms with van der Waals surface area (Å²) in [7, 11) is 1.49. The zero-order valence-corrected chi connectivity index (χ0v) is 11.5. The van der Waals surface area contributed by atoms with Gasteiger partial charge in [-0.1, -0.05) is 36.4 Å². The van der Waals surface area contributed by atoms with Crippen molar-refractivity contribution in [1.29, 1.82) is 0 Å². The predicted molar refractivity (Wildman–Crippen MR) is 79.1 cm³/mol. The molecular weight excluding hydrogens is 270 g/mol. The van der Waals surface area contributed by atoms with Crippen LogP contribution in [0.25, 0.3) is 0 Å². The van der Waals surface area contributed by atoms with E-state index >= 15 is 0 Å². The summed E-state index contributed by atoms with van der Waals surface area (Å²) in [4.78, 5) is 23.0. The van der Waals surface area contributed by atoms with Gasteiger partial charge in [0.1, 0.15) is 5.75 Å². The van der Waals surface area contributed by atoms with E-state index in [-0.39, 0.29) is 12.2 Å². The zero-order valence-electron chi connectivity index (χ0n) is 11.5. The lowest BCUT2D eigenvalue weighted by molar-refractivity contribution is 0.0993. The van der Waals surface area contributed by atoms with E-state index in [4.69, 9.17) is 9.84 Å². The van der Waals surface area contributed by atoms with Crippen molar-refractivity contribution in [2.45, 2.75) is 6.42 Å². The molecule has 0 heterocycles. The molecule has 0 saturated heterocycles. The summed E-state index contributed by atoms with van der Waals surface area (Å²) >= 11 is 0. The van der Waals surface area contributed by atoms with Gasteiger partial charge in [-0.05, 0) is 11.6 Å². The number of carbonyl (C=O) groups is 2. The quantitative estimate of drug-likeness (QED) is 0.827. The Hall–Kier alpha value is -2.82. The second-order valence-electron chi connectivity index (χ2n) is 4.42. The molecule has 0 aromatic heterocycles. The average molecular weight is 285 g/mol. The average Bonchev–Trinajstić information content (AvgIpc) is 2.49. The van der Waals surface area contributed by atoms with Gasteiger partial charge in [0, 0.05) is 18.1 Å². The molecule has 0 bridgehead atoms. The fraction of sp³-hybridized carbons (Fsp3) is 0.125. The van der Waals surface area contributed by atoms with Crippen molar-refractivity contribution >= 4 is 17.6 Å². The van der Waals surface area contributed by atoms with E-state index in [1.165, 1.54) is 7.11 Å². The SMILES string of the molecule is COc1ccc(CC(=O)c2ccccc2)c(NC(=O)O)c1. The van der Waals surface area contributed by atoms with Crippen LogP contribution < -0.4 is 10.1 Å². The van der Waals surface area contributed by atoms with Gasteiger partial charge in [-0.25, -0.2) is 4.79 Å². The third-order valence-electron chi connectivity index (χ3n) is 3.01. The molecule has 0 spiro atoms. The standard InChI is InChI=1S/C16H15NO4/c1-21-13-8-7-12(14(10-13)17-16(19)20)9-15(18)11-5-3-2-4-6-11/h2-8,10,17H,9H2,1H3,(H,19,20). The van der Waals surface area contributed by atoms with Crippen molar-refractivity contribution in [2.75, 3.05) is 12.4 Å². The van der Waals surface area contributed by atoms with Crippen LogP contribution in [0.5, 0.6) is 5.75 Å². The summed E-state index contributed by atoms with van der Waals surface area (Å²) in [5.41, 5.74) is 1.55. The van der Waals surface area contributed by atoms with E-state index in [2.05, 4.69) is 5.32 Å². The summed E-state index contributed by atoms with van der Waals surface area (Å²) in [6.07, 6.45) is -1.07. The lowest BCUT2D eigenvalue weighted by Gasteiger charge is -2.10. The highest BCUT2D eigenvalue weighted by atomic mass is 16.5. The molecule has 1 amide bonds. The van der Waals surface area contributed by atoms with E-state index in [0.717, 1.165) is 0 Å². The maximum Gasteiger partial charge on any atom is 0.409 e. The normalized spacial score (nSPS) is 9.95. The molecule has 0 saturated carbocycles. The summed E-state index contributed by atoms with van der Waals surface area (Å²) < 4.78 is 5.06. The van der Waals surface area contributed by atoms with Gasteiger partial charge in [-0.15, -0.1) is 0 Å². The van der Waals surface area contributed by atoms with Gasteiger partial charge in [-0.2, -0.15) is 0 Å². The van der Waals surface area contributed by atoms with Crippen molar-refractivity contribution in [2.24, 2.45) is 0 Å². The molecule has 21 heavy (non-hydrogen) atoms. The van der Waals surface area contributed by atoms with Crippen molar-refractivity contribution in [3.8, 4) is 5.75 Å². The first-order valence-corrected chi connectivity index (χ1v) is 6.35. The number of anilines is 1. The number of Topliss-reactive ketones (excluding diaryl/α,β-unsaturated/α-hetero) is 1. The van der Waals surface area contributed by atoms with E-state index in [1.54, 1.807) is 42.5 Å². The molecule has 2 N–H and O–H groups in total. The van der Waals surface area contributed by atoms with Crippen molar-refractivity contribution in [3.05, 3.63) is 59.7 Å². The minimum atomic E-state index is -1.18. The second kappa shape index (κ2) is 6.56. The number of carboxylic acid groups (broad SMARTS) is 1. The molecule has 108 valence electrons. The minimum absolute atomic E-state index is 0.0748. The van der Waals surface area contributed by atoms with Gasteiger partial charge >= 0.3 is 6.09 Å². The highest BCUT2D eigenvalue weighted by molar-refractivity contribution is 5.98. The summed E-state index contributed by atoms with van der Waals surface area (Å²) in [5, 5.41) is 11.2. The third kappa shape index (κ3) is 3.82. The molecule has 5 heteroatoms. The van der Waals surface area contributed by atoms with Crippen LogP contribution in [-0.2, 0) is 6.42 Å². The molecule has 2 aromatic rings.